The first-order valence-corrected chi connectivity index (χ1v) is 7.40. The van der Waals surface area contributed by atoms with Gasteiger partial charge in [0.1, 0.15) is 0 Å². The highest BCUT2D eigenvalue weighted by Gasteiger charge is 2.10. The van der Waals surface area contributed by atoms with E-state index in [9.17, 15) is 4.79 Å². The summed E-state index contributed by atoms with van der Waals surface area (Å²) in [6.07, 6.45) is 6.69. The average Bonchev–Trinajstić information content (AvgIpc) is 2.44. The zero-order chi connectivity index (χ0) is 13.7. The van der Waals surface area contributed by atoms with E-state index in [0.29, 0.717) is 0 Å². The number of hydrogen-bond donors (Lipinski definition) is 1. The fraction of sp³-hybridized carbons (Fsp3) is 0.471. The van der Waals surface area contributed by atoms with Crippen molar-refractivity contribution in [2.24, 2.45) is 0 Å². The van der Waals surface area contributed by atoms with Crippen molar-refractivity contribution >= 4 is 10.8 Å². The number of fused-ring (bicyclic) bond motifs is 1. The van der Waals surface area contributed by atoms with Crippen molar-refractivity contribution in [2.45, 2.75) is 52.4 Å². The molecular weight excluding hydrogens is 234 g/mol. The number of H-pyrrole nitrogens is 1. The molecule has 0 unspecified atom stereocenters. The molecule has 19 heavy (non-hydrogen) atoms. The van der Waals surface area contributed by atoms with E-state index in [1.165, 1.54) is 18.4 Å². The third-order valence-corrected chi connectivity index (χ3v) is 3.69. The largest absolute Gasteiger partial charge is 0.325 e. The number of aryl methyl sites for hydroxylation is 2. The smallest absolute Gasteiger partial charge is 0.256 e. The van der Waals surface area contributed by atoms with Crippen molar-refractivity contribution in [3.05, 3.63) is 45.9 Å². The van der Waals surface area contributed by atoms with Gasteiger partial charge in [0.15, 0.2) is 0 Å². The summed E-state index contributed by atoms with van der Waals surface area (Å²) in [5.74, 6) is 0. The Morgan fingerprint density at radius 3 is 2.26 bits per heavy atom. The minimum Gasteiger partial charge on any atom is -0.325 e. The fourth-order valence-electron chi connectivity index (χ4n) is 2.59. The molecule has 2 aromatic rings. The molecule has 1 aromatic heterocycles. The van der Waals surface area contributed by atoms with Crippen LogP contribution in [-0.4, -0.2) is 4.98 Å². The summed E-state index contributed by atoms with van der Waals surface area (Å²) in [4.78, 5) is 15.2. The highest BCUT2D eigenvalue weighted by atomic mass is 16.1. The zero-order valence-corrected chi connectivity index (χ0v) is 12.0. The zero-order valence-electron chi connectivity index (χ0n) is 12.0. The van der Waals surface area contributed by atoms with Crippen LogP contribution < -0.4 is 5.56 Å². The number of pyridine rings is 1. The molecule has 0 atom stereocenters. The lowest BCUT2D eigenvalue weighted by atomic mass is 9.97. The molecule has 2 nitrogen and oxygen atoms in total. The maximum atomic E-state index is 12.1. The third-order valence-electron chi connectivity index (χ3n) is 3.69. The van der Waals surface area contributed by atoms with Crippen LogP contribution in [0.1, 0.15) is 50.8 Å². The monoisotopic (exact) mass is 257 g/mol. The summed E-state index contributed by atoms with van der Waals surface area (Å²) in [5.41, 5.74) is 2.56. The van der Waals surface area contributed by atoms with Crippen LogP contribution in [0, 0.1) is 0 Å². The first-order chi connectivity index (χ1) is 9.27. The summed E-state index contributed by atoms with van der Waals surface area (Å²) in [7, 11) is 0. The van der Waals surface area contributed by atoms with Gasteiger partial charge in [-0.25, -0.2) is 0 Å². The SMILES string of the molecule is CCCCc1[nH]c(=O)c2ccccc2c1CCCC. The molecule has 0 amide bonds. The Bertz CT molecular complexity index is 598. The van der Waals surface area contributed by atoms with Gasteiger partial charge in [-0.3, -0.25) is 4.79 Å². The van der Waals surface area contributed by atoms with Gasteiger partial charge in [0.2, 0.25) is 0 Å². The van der Waals surface area contributed by atoms with Gasteiger partial charge in [-0.15, -0.1) is 0 Å². The van der Waals surface area contributed by atoms with Gasteiger partial charge in [-0.05, 0) is 42.7 Å². The number of unbranched alkanes of at least 4 members (excludes halogenated alkanes) is 2. The van der Waals surface area contributed by atoms with Crippen molar-refractivity contribution in [2.75, 3.05) is 0 Å². The lowest BCUT2D eigenvalue weighted by Crippen LogP contribution is -2.13. The molecule has 0 aliphatic carbocycles. The molecule has 0 aliphatic heterocycles. The highest BCUT2D eigenvalue weighted by Crippen LogP contribution is 2.21. The number of benzene rings is 1. The predicted octanol–water partition coefficient (Wildman–Crippen LogP) is 4.21. The van der Waals surface area contributed by atoms with Crippen LogP contribution in [0.5, 0.6) is 0 Å². The Morgan fingerprint density at radius 2 is 1.58 bits per heavy atom. The molecule has 2 rings (SSSR count). The van der Waals surface area contributed by atoms with Crippen LogP contribution >= 0.6 is 0 Å². The van der Waals surface area contributed by atoms with Crippen molar-refractivity contribution in [3.8, 4) is 0 Å². The van der Waals surface area contributed by atoms with Crippen LogP contribution in [0.3, 0.4) is 0 Å². The topological polar surface area (TPSA) is 32.9 Å². The molecule has 0 spiro atoms. The number of hydrogen-bond acceptors (Lipinski definition) is 1. The van der Waals surface area contributed by atoms with Gasteiger partial charge in [0.25, 0.3) is 5.56 Å². The lowest BCUT2D eigenvalue weighted by molar-refractivity contribution is 0.743. The van der Waals surface area contributed by atoms with E-state index in [-0.39, 0.29) is 5.56 Å². The summed E-state index contributed by atoms with van der Waals surface area (Å²) < 4.78 is 0. The second-order valence-corrected chi connectivity index (χ2v) is 5.16. The summed E-state index contributed by atoms with van der Waals surface area (Å²) >= 11 is 0. The molecule has 0 radical (unpaired) electrons. The first kappa shape index (κ1) is 13.9. The minimum absolute atomic E-state index is 0.0574. The van der Waals surface area contributed by atoms with E-state index in [2.05, 4.69) is 24.9 Å². The molecule has 0 bridgehead atoms. The highest BCUT2D eigenvalue weighted by molar-refractivity contribution is 5.85. The number of nitrogens with one attached hydrogen (secondary N) is 1. The Labute approximate surface area is 114 Å². The summed E-state index contributed by atoms with van der Waals surface area (Å²) in [5, 5.41) is 1.97. The van der Waals surface area contributed by atoms with E-state index in [1.54, 1.807) is 0 Å². The first-order valence-electron chi connectivity index (χ1n) is 7.40. The van der Waals surface area contributed by atoms with Gasteiger partial charge in [-0.1, -0.05) is 44.9 Å². The molecule has 0 saturated heterocycles. The van der Waals surface area contributed by atoms with Crippen molar-refractivity contribution in [1.82, 2.24) is 4.98 Å². The maximum absolute atomic E-state index is 12.1. The van der Waals surface area contributed by atoms with Crippen molar-refractivity contribution in [1.29, 1.82) is 0 Å². The predicted molar refractivity (Wildman–Crippen MR) is 81.8 cm³/mol. The van der Waals surface area contributed by atoms with Crippen LogP contribution in [0.15, 0.2) is 29.1 Å². The van der Waals surface area contributed by atoms with Crippen LogP contribution in [0.4, 0.5) is 0 Å². The van der Waals surface area contributed by atoms with Gasteiger partial charge in [0.05, 0.1) is 0 Å². The van der Waals surface area contributed by atoms with Crippen molar-refractivity contribution in [3.63, 3.8) is 0 Å². The number of aromatic nitrogens is 1. The number of aromatic amines is 1. The van der Waals surface area contributed by atoms with E-state index < -0.39 is 0 Å². The van der Waals surface area contributed by atoms with Crippen molar-refractivity contribution < 1.29 is 0 Å². The molecular formula is C17H23NO. The molecule has 1 heterocycles. The van der Waals surface area contributed by atoms with E-state index >= 15 is 0 Å². The van der Waals surface area contributed by atoms with Crippen LogP contribution in [0.25, 0.3) is 10.8 Å². The molecule has 0 saturated carbocycles. The standard InChI is InChI=1S/C17H23NO/c1-3-5-9-14-13-10-7-8-11-15(13)17(19)18-16(14)12-6-4-2/h7-8,10-11H,3-6,9,12H2,1-2H3,(H,18,19). The fourth-order valence-corrected chi connectivity index (χ4v) is 2.59. The van der Waals surface area contributed by atoms with Gasteiger partial charge in [0, 0.05) is 11.1 Å². The molecule has 2 heteroatoms. The maximum Gasteiger partial charge on any atom is 0.256 e. The Morgan fingerprint density at radius 1 is 0.947 bits per heavy atom. The molecule has 102 valence electrons. The van der Waals surface area contributed by atoms with Gasteiger partial charge in [-0.2, -0.15) is 0 Å². The average molecular weight is 257 g/mol. The van der Waals surface area contributed by atoms with E-state index in [0.717, 1.165) is 42.1 Å². The Balaban J connectivity index is 2.55. The number of rotatable bonds is 6. The third kappa shape index (κ3) is 3.06. The molecule has 1 aromatic carbocycles. The van der Waals surface area contributed by atoms with Crippen LogP contribution in [0.2, 0.25) is 0 Å². The normalized spacial score (nSPS) is 11.1. The summed E-state index contributed by atoms with van der Waals surface area (Å²) in [6, 6.07) is 7.98. The second kappa shape index (κ2) is 6.55. The van der Waals surface area contributed by atoms with E-state index in [1.807, 2.05) is 18.2 Å². The molecule has 0 aliphatic rings. The summed E-state index contributed by atoms with van der Waals surface area (Å²) in [6.45, 7) is 4.39. The minimum atomic E-state index is 0.0574. The van der Waals surface area contributed by atoms with Gasteiger partial charge >= 0.3 is 0 Å². The molecule has 0 fully saturated rings. The van der Waals surface area contributed by atoms with Gasteiger partial charge < -0.3 is 4.98 Å². The quantitative estimate of drug-likeness (QED) is 0.826. The Kier molecular flexibility index (Phi) is 4.78. The second-order valence-electron chi connectivity index (χ2n) is 5.16. The van der Waals surface area contributed by atoms with E-state index in [4.69, 9.17) is 0 Å². The molecule has 1 N–H and O–H groups in total. The lowest BCUT2D eigenvalue weighted by Gasteiger charge is -2.12. The Hall–Kier alpha value is -1.57. The van der Waals surface area contributed by atoms with Crippen LogP contribution in [-0.2, 0) is 12.8 Å².